The Bertz CT molecular complexity index is 211. The predicted molar refractivity (Wildman–Crippen MR) is 59.1 cm³/mol. The Morgan fingerprint density at radius 2 is 1.93 bits per heavy atom. The van der Waals surface area contributed by atoms with Crippen molar-refractivity contribution in [3.05, 3.63) is 12.2 Å². The van der Waals surface area contributed by atoms with Crippen molar-refractivity contribution in [2.45, 2.75) is 53.6 Å². The van der Waals surface area contributed by atoms with E-state index in [0.717, 1.165) is 12.8 Å². The Balaban J connectivity index is 4.17. The van der Waals surface area contributed by atoms with Crippen LogP contribution in [0.4, 0.5) is 0 Å². The van der Waals surface area contributed by atoms with Gasteiger partial charge in [-0.1, -0.05) is 34.3 Å². The fraction of sp³-hybridized carbons (Fsp3) is 0.750. The zero-order valence-electron chi connectivity index (χ0n) is 10.0. The number of hydrogen-bond acceptors (Lipinski definition) is 2. The summed E-state index contributed by atoms with van der Waals surface area (Å²) in [4.78, 5) is 11.3. The van der Waals surface area contributed by atoms with Crippen LogP contribution in [0.5, 0.6) is 0 Å². The minimum atomic E-state index is -0.277. The van der Waals surface area contributed by atoms with Gasteiger partial charge in [0.2, 0.25) is 0 Å². The van der Waals surface area contributed by atoms with Crippen LogP contribution in [0, 0.1) is 5.41 Å². The molecule has 0 saturated carbocycles. The lowest BCUT2D eigenvalue weighted by Gasteiger charge is -2.25. The summed E-state index contributed by atoms with van der Waals surface area (Å²) in [5, 5.41) is 0. The molecule has 0 aromatic heterocycles. The van der Waals surface area contributed by atoms with Crippen LogP contribution in [0.1, 0.15) is 47.5 Å². The van der Waals surface area contributed by atoms with E-state index in [9.17, 15) is 4.79 Å². The van der Waals surface area contributed by atoms with E-state index in [1.54, 1.807) is 6.92 Å². The van der Waals surface area contributed by atoms with Crippen LogP contribution in [-0.2, 0) is 9.53 Å². The third kappa shape index (κ3) is 5.79. The highest BCUT2D eigenvalue weighted by molar-refractivity contribution is 5.87. The molecule has 0 N–H and O–H groups in total. The second-order valence-corrected chi connectivity index (χ2v) is 4.98. The monoisotopic (exact) mass is 198 g/mol. The molecule has 0 aromatic rings. The Labute approximate surface area is 87.3 Å². The van der Waals surface area contributed by atoms with E-state index in [4.69, 9.17) is 4.74 Å². The van der Waals surface area contributed by atoms with Gasteiger partial charge in [0.1, 0.15) is 6.10 Å². The Morgan fingerprint density at radius 3 is 2.21 bits per heavy atom. The number of ether oxygens (including phenoxy) is 1. The van der Waals surface area contributed by atoms with E-state index < -0.39 is 0 Å². The van der Waals surface area contributed by atoms with Crippen LogP contribution in [0.25, 0.3) is 0 Å². The van der Waals surface area contributed by atoms with Crippen molar-refractivity contribution in [3.63, 3.8) is 0 Å². The second kappa shape index (κ2) is 5.18. The number of carbonyl (C=O) groups is 1. The van der Waals surface area contributed by atoms with Crippen molar-refractivity contribution in [2.24, 2.45) is 5.41 Å². The first-order valence-corrected chi connectivity index (χ1v) is 5.12. The smallest absolute Gasteiger partial charge is 0.333 e. The van der Waals surface area contributed by atoms with Crippen LogP contribution < -0.4 is 0 Å². The number of hydrogen-bond donors (Lipinski definition) is 0. The standard InChI is InChI=1S/C12H22O2/c1-7-10(8-12(4,5)6)14-11(13)9(2)3/h10H,2,7-8H2,1,3-6H3. The van der Waals surface area contributed by atoms with Crippen molar-refractivity contribution in [1.82, 2.24) is 0 Å². The van der Waals surface area contributed by atoms with E-state index in [2.05, 4.69) is 27.4 Å². The normalized spacial score (nSPS) is 13.5. The molecule has 1 atom stereocenters. The molecular weight excluding hydrogens is 176 g/mol. The number of esters is 1. The summed E-state index contributed by atoms with van der Waals surface area (Å²) in [6.45, 7) is 13.7. The maximum Gasteiger partial charge on any atom is 0.333 e. The summed E-state index contributed by atoms with van der Waals surface area (Å²) in [6, 6.07) is 0. The maximum atomic E-state index is 11.3. The van der Waals surface area contributed by atoms with Crippen molar-refractivity contribution in [2.75, 3.05) is 0 Å². The van der Waals surface area contributed by atoms with Gasteiger partial charge in [-0.2, -0.15) is 0 Å². The third-order valence-corrected chi connectivity index (χ3v) is 1.92. The van der Waals surface area contributed by atoms with Crippen LogP contribution in [0.3, 0.4) is 0 Å². The summed E-state index contributed by atoms with van der Waals surface area (Å²) in [7, 11) is 0. The molecule has 0 spiro atoms. The first-order valence-electron chi connectivity index (χ1n) is 5.12. The van der Waals surface area contributed by atoms with Crippen molar-refractivity contribution >= 4 is 5.97 Å². The highest BCUT2D eigenvalue weighted by Gasteiger charge is 2.20. The molecule has 0 bridgehead atoms. The zero-order chi connectivity index (χ0) is 11.4. The largest absolute Gasteiger partial charge is 0.459 e. The van der Waals surface area contributed by atoms with Gasteiger partial charge < -0.3 is 4.74 Å². The molecular formula is C12H22O2. The number of carbonyl (C=O) groups excluding carboxylic acids is 1. The molecule has 14 heavy (non-hydrogen) atoms. The van der Waals surface area contributed by atoms with Crippen LogP contribution in [0.2, 0.25) is 0 Å². The van der Waals surface area contributed by atoms with Gasteiger partial charge >= 0.3 is 5.97 Å². The van der Waals surface area contributed by atoms with Gasteiger partial charge in [-0.25, -0.2) is 4.79 Å². The molecule has 1 unspecified atom stereocenters. The van der Waals surface area contributed by atoms with Gasteiger partial charge in [-0.15, -0.1) is 0 Å². The summed E-state index contributed by atoms with van der Waals surface area (Å²) in [5.74, 6) is -0.277. The molecule has 82 valence electrons. The van der Waals surface area contributed by atoms with Gasteiger partial charge in [0.05, 0.1) is 0 Å². The highest BCUT2D eigenvalue weighted by Crippen LogP contribution is 2.24. The summed E-state index contributed by atoms with van der Waals surface area (Å²) in [5.41, 5.74) is 0.660. The van der Waals surface area contributed by atoms with Crippen molar-refractivity contribution in [3.8, 4) is 0 Å². The van der Waals surface area contributed by atoms with Gasteiger partial charge in [0.15, 0.2) is 0 Å². The Morgan fingerprint density at radius 1 is 1.43 bits per heavy atom. The minimum absolute atomic E-state index is 0.0131. The molecule has 0 radical (unpaired) electrons. The lowest BCUT2D eigenvalue weighted by atomic mass is 9.88. The highest BCUT2D eigenvalue weighted by atomic mass is 16.5. The van der Waals surface area contributed by atoms with Crippen molar-refractivity contribution < 1.29 is 9.53 Å². The molecule has 2 nitrogen and oxygen atoms in total. The molecule has 0 aromatic carbocycles. The van der Waals surface area contributed by atoms with Gasteiger partial charge in [0, 0.05) is 5.57 Å². The molecule has 0 saturated heterocycles. The maximum absolute atomic E-state index is 11.3. The van der Waals surface area contributed by atoms with E-state index in [-0.39, 0.29) is 17.5 Å². The molecule has 0 heterocycles. The average Bonchev–Trinajstić information content (AvgIpc) is 2.00. The van der Waals surface area contributed by atoms with Crippen LogP contribution in [0.15, 0.2) is 12.2 Å². The number of rotatable bonds is 4. The van der Waals surface area contributed by atoms with Gasteiger partial charge in [0.25, 0.3) is 0 Å². The van der Waals surface area contributed by atoms with Crippen LogP contribution >= 0.6 is 0 Å². The molecule has 0 rings (SSSR count). The van der Waals surface area contributed by atoms with E-state index in [1.165, 1.54) is 0 Å². The summed E-state index contributed by atoms with van der Waals surface area (Å²) < 4.78 is 5.30. The summed E-state index contributed by atoms with van der Waals surface area (Å²) in [6.07, 6.45) is 1.76. The SMILES string of the molecule is C=C(C)C(=O)OC(CC)CC(C)(C)C. The lowest BCUT2D eigenvalue weighted by molar-refractivity contribution is -0.145. The quantitative estimate of drug-likeness (QED) is 0.511. The zero-order valence-corrected chi connectivity index (χ0v) is 10.0. The molecule has 0 fully saturated rings. The van der Waals surface area contributed by atoms with E-state index >= 15 is 0 Å². The minimum Gasteiger partial charge on any atom is -0.459 e. The van der Waals surface area contributed by atoms with Crippen LogP contribution in [-0.4, -0.2) is 12.1 Å². The third-order valence-electron chi connectivity index (χ3n) is 1.92. The first kappa shape index (κ1) is 13.2. The lowest BCUT2D eigenvalue weighted by Crippen LogP contribution is -2.23. The summed E-state index contributed by atoms with van der Waals surface area (Å²) >= 11 is 0. The molecule has 0 aliphatic heterocycles. The Kier molecular flexibility index (Phi) is 4.89. The van der Waals surface area contributed by atoms with E-state index in [0.29, 0.717) is 5.57 Å². The Hall–Kier alpha value is -0.790. The predicted octanol–water partition coefficient (Wildman–Crippen LogP) is 3.32. The van der Waals surface area contributed by atoms with Crippen molar-refractivity contribution in [1.29, 1.82) is 0 Å². The van der Waals surface area contributed by atoms with E-state index in [1.807, 2.05) is 6.92 Å². The fourth-order valence-electron chi connectivity index (χ4n) is 1.20. The van der Waals surface area contributed by atoms with Gasteiger partial charge in [-0.05, 0) is 25.2 Å². The average molecular weight is 198 g/mol. The molecule has 2 heteroatoms. The second-order valence-electron chi connectivity index (χ2n) is 4.98. The topological polar surface area (TPSA) is 26.3 Å². The first-order chi connectivity index (χ1) is 6.26. The molecule has 0 amide bonds. The van der Waals surface area contributed by atoms with Gasteiger partial charge in [-0.3, -0.25) is 0 Å². The molecule has 0 aliphatic rings. The fourth-order valence-corrected chi connectivity index (χ4v) is 1.20. The molecule has 0 aliphatic carbocycles.